The Kier molecular flexibility index (Phi) is 7.31. The molecule has 0 amide bonds. The Morgan fingerprint density at radius 3 is 2.16 bits per heavy atom. The molecule has 2 aliphatic rings. The standard InChI is InChI=1S/C28H28BrNO6S/c1-30(2)15-16-34-22-11-5-19(6-12-22)27-26(18-3-9-21(31)10-4-18)24-17-25(28(27)35-24)37(32,33)36-23-13-7-20(29)8-14-23/h3-14,24-25,28,31H,15-17H2,1-2H3/t24-,25+,28+/m0/s1. The summed E-state index contributed by atoms with van der Waals surface area (Å²) in [7, 11) is -0.00232. The third-order valence-corrected chi connectivity index (χ3v) is 8.67. The predicted octanol–water partition coefficient (Wildman–Crippen LogP) is 4.95. The molecule has 1 fully saturated rings. The highest BCUT2D eigenvalue weighted by Crippen LogP contribution is 2.51. The van der Waals surface area contributed by atoms with Gasteiger partial charge in [0.15, 0.2) is 0 Å². The number of fused-ring (bicyclic) bond motifs is 2. The molecule has 2 heterocycles. The molecule has 2 aliphatic heterocycles. The molecular weight excluding hydrogens is 558 g/mol. The molecule has 3 aromatic carbocycles. The highest BCUT2D eigenvalue weighted by atomic mass is 79.9. The van der Waals surface area contributed by atoms with Crippen molar-refractivity contribution in [2.45, 2.75) is 23.9 Å². The van der Waals surface area contributed by atoms with Crippen molar-refractivity contribution in [2.75, 3.05) is 27.2 Å². The highest BCUT2D eigenvalue weighted by Gasteiger charge is 2.53. The van der Waals surface area contributed by atoms with Crippen molar-refractivity contribution >= 4 is 37.2 Å². The summed E-state index contributed by atoms with van der Waals surface area (Å²) in [6, 6.07) is 21.3. The monoisotopic (exact) mass is 585 g/mol. The Balaban J connectivity index is 1.47. The summed E-state index contributed by atoms with van der Waals surface area (Å²) in [5.74, 6) is 1.16. The van der Waals surface area contributed by atoms with Gasteiger partial charge in [0.2, 0.25) is 0 Å². The van der Waals surface area contributed by atoms with Gasteiger partial charge in [0.1, 0.15) is 35.2 Å². The molecule has 5 rings (SSSR count). The van der Waals surface area contributed by atoms with Crippen molar-refractivity contribution in [3.8, 4) is 17.2 Å². The van der Waals surface area contributed by atoms with E-state index in [0.29, 0.717) is 6.61 Å². The maximum Gasteiger partial charge on any atom is 0.315 e. The number of hydrogen-bond donors (Lipinski definition) is 1. The van der Waals surface area contributed by atoms with Crippen LogP contribution in [0.15, 0.2) is 77.3 Å². The average molecular weight is 587 g/mol. The molecule has 1 N–H and O–H groups in total. The Bertz CT molecular complexity index is 1390. The minimum absolute atomic E-state index is 0.164. The van der Waals surface area contributed by atoms with E-state index < -0.39 is 27.6 Å². The van der Waals surface area contributed by atoms with E-state index in [-0.39, 0.29) is 17.9 Å². The van der Waals surface area contributed by atoms with Gasteiger partial charge in [-0.2, -0.15) is 8.42 Å². The summed E-state index contributed by atoms with van der Waals surface area (Å²) < 4.78 is 45.2. The molecular formula is C28H28BrNO6S. The maximum absolute atomic E-state index is 13.4. The maximum atomic E-state index is 13.4. The lowest BCUT2D eigenvalue weighted by Crippen LogP contribution is -2.35. The number of likely N-dealkylation sites (N-methyl/N-ethyl adjacent to an activating group) is 1. The van der Waals surface area contributed by atoms with Crippen molar-refractivity contribution in [1.29, 1.82) is 0 Å². The number of halogens is 1. The molecule has 2 bridgehead atoms. The van der Waals surface area contributed by atoms with Crippen LogP contribution in [0.25, 0.3) is 11.1 Å². The lowest BCUT2D eigenvalue weighted by molar-refractivity contribution is 0.128. The highest BCUT2D eigenvalue weighted by molar-refractivity contribution is 9.10. The molecule has 0 spiro atoms. The molecule has 37 heavy (non-hydrogen) atoms. The van der Waals surface area contributed by atoms with Crippen molar-refractivity contribution in [1.82, 2.24) is 4.90 Å². The van der Waals surface area contributed by atoms with E-state index in [1.54, 1.807) is 36.4 Å². The molecule has 0 saturated carbocycles. The SMILES string of the molecule is CN(C)CCOc1ccc(C2=C(c3ccc(O)cc3)[C@@H]3C[C@@H](S(=O)(=O)Oc4ccc(Br)cc4)[C@H]2O3)cc1. The molecule has 0 aromatic heterocycles. The Hall–Kier alpha value is -2.85. The molecule has 3 aromatic rings. The van der Waals surface area contributed by atoms with E-state index in [4.69, 9.17) is 13.7 Å². The van der Waals surface area contributed by atoms with Gasteiger partial charge in [-0.25, -0.2) is 0 Å². The van der Waals surface area contributed by atoms with Crippen molar-refractivity contribution in [2.24, 2.45) is 0 Å². The zero-order valence-corrected chi connectivity index (χ0v) is 22.9. The van der Waals surface area contributed by atoms with Crippen LogP contribution in [0, 0.1) is 0 Å². The Labute approximate surface area is 225 Å². The molecule has 1 saturated heterocycles. The largest absolute Gasteiger partial charge is 0.508 e. The number of aromatic hydroxyl groups is 1. The van der Waals surface area contributed by atoms with Crippen LogP contribution < -0.4 is 8.92 Å². The first-order valence-electron chi connectivity index (χ1n) is 12.0. The van der Waals surface area contributed by atoms with Gasteiger partial charge >= 0.3 is 10.1 Å². The fourth-order valence-electron chi connectivity index (χ4n) is 4.76. The number of benzene rings is 3. The summed E-state index contributed by atoms with van der Waals surface area (Å²) in [5, 5.41) is 8.94. The molecule has 194 valence electrons. The predicted molar refractivity (Wildman–Crippen MR) is 146 cm³/mol. The zero-order chi connectivity index (χ0) is 26.2. The normalized spacial score (nSPS) is 21.0. The summed E-state index contributed by atoms with van der Waals surface area (Å²) in [5.41, 5.74) is 3.49. The van der Waals surface area contributed by atoms with Crippen LogP contribution in [0.3, 0.4) is 0 Å². The third kappa shape index (κ3) is 5.55. The zero-order valence-electron chi connectivity index (χ0n) is 20.5. The fourth-order valence-corrected chi connectivity index (χ4v) is 6.44. The van der Waals surface area contributed by atoms with Crippen molar-refractivity contribution in [3.05, 3.63) is 88.4 Å². The molecule has 9 heteroatoms. The Morgan fingerprint density at radius 2 is 1.51 bits per heavy atom. The van der Waals surface area contributed by atoms with Gasteiger partial charge in [-0.1, -0.05) is 40.2 Å². The summed E-state index contributed by atoms with van der Waals surface area (Å²) >= 11 is 3.35. The van der Waals surface area contributed by atoms with Gasteiger partial charge in [-0.3, -0.25) is 0 Å². The van der Waals surface area contributed by atoms with Crippen molar-refractivity contribution in [3.63, 3.8) is 0 Å². The third-order valence-electron chi connectivity index (χ3n) is 6.54. The average Bonchev–Trinajstić information content (AvgIpc) is 3.46. The van der Waals surface area contributed by atoms with Gasteiger partial charge in [0.05, 0.1) is 6.10 Å². The lowest BCUT2D eigenvalue weighted by atomic mass is 9.83. The second kappa shape index (κ2) is 10.5. The second-order valence-electron chi connectivity index (χ2n) is 9.40. The summed E-state index contributed by atoms with van der Waals surface area (Å²) in [6.45, 7) is 1.36. The first kappa shape index (κ1) is 25.8. The summed E-state index contributed by atoms with van der Waals surface area (Å²) in [6.07, 6.45) is -0.807. The molecule has 0 aliphatic carbocycles. The molecule has 7 nitrogen and oxygen atoms in total. The minimum atomic E-state index is -3.98. The van der Waals surface area contributed by atoms with Crippen LogP contribution >= 0.6 is 15.9 Å². The van der Waals surface area contributed by atoms with Gasteiger partial charge in [-0.15, -0.1) is 0 Å². The van der Waals surface area contributed by atoms with Crippen molar-refractivity contribution < 1.29 is 27.2 Å². The van der Waals surface area contributed by atoms with Crippen LogP contribution in [0.4, 0.5) is 0 Å². The van der Waals surface area contributed by atoms with E-state index in [0.717, 1.165) is 39.0 Å². The van der Waals surface area contributed by atoms with E-state index in [9.17, 15) is 13.5 Å². The lowest BCUT2D eigenvalue weighted by Gasteiger charge is -2.25. The summed E-state index contributed by atoms with van der Waals surface area (Å²) in [4.78, 5) is 2.05. The first-order valence-corrected chi connectivity index (χ1v) is 14.2. The van der Waals surface area contributed by atoms with E-state index in [2.05, 4.69) is 15.9 Å². The topological polar surface area (TPSA) is 85.3 Å². The van der Waals surface area contributed by atoms with E-state index in [1.165, 1.54) is 0 Å². The molecule has 3 atom stereocenters. The fraction of sp³-hybridized carbons (Fsp3) is 0.286. The van der Waals surface area contributed by atoms with Gasteiger partial charge in [0.25, 0.3) is 0 Å². The number of phenolic OH excluding ortho intramolecular Hbond substituents is 1. The van der Waals surface area contributed by atoms with Crippen LogP contribution in [-0.2, 0) is 14.9 Å². The smallest absolute Gasteiger partial charge is 0.315 e. The molecule has 0 unspecified atom stereocenters. The van der Waals surface area contributed by atoms with E-state index in [1.807, 2.05) is 55.4 Å². The van der Waals surface area contributed by atoms with Crippen LogP contribution in [0.5, 0.6) is 17.2 Å². The quantitative estimate of drug-likeness (QED) is 0.355. The first-order chi connectivity index (χ1) is 17.7. The van der Waals surface area contributed by atoms with Gasteiger partial charge in [-0.05, 0) is 84.9 Å². The van der Waals surface area contributed by atoms with Crippen LogP contribution in [0.2, 0.25) is 0 Å². The number of rotatable bonds is 9. The van der Waals surface area contributed by atoms with Crippen LogP contribution in [-0.4, -0.2) is 63.1 Å². The van der Waals surface area contributed by atoms with E-state index >= 15 is 0 Å². The van der Waals surface area contributed by atoms with Gasteiger partial charge < -0.3 is 23.7 Å². The second-order valence-corrected chi connectivity index (χ2v) is 12.1. The van der Waals surface area contributed by atoms with Gasteiger partial charge in [0, 0.05) is 17.4 Å². The molecule has 0 radical (unpaired) electrons. The number of ether oxygens (including phenoxy) is 2. The minimum Gasteiger partial charge on any atom is -0.508 e. The van der Waals surface area contributed by atoms with Crippen LogP contribution in [0.1, 0.15) is 17.5 Å². The number of nitrogens with zero attached hydrogens (tertiary/aromatic N) is 1. The number of phenols is 1. The Morgan fingerprint density at radius 1 is 0.919 bits per heavy atom. The number of hydrogen-bond acceptors (Lipinski definition) is 7.